The number of nitrogens with zero attached hydrogens (tertiary/aromatic N) is 2. The Morgan fingerprint density at radius 1 is 1.05 bits per heavy atom. The molecule has 0 saturated heterocycles. The molecule has 21 heavy (non-hydrogen) atoms. The number of aromatic nitrogens is 2. The Morgan fingerprint density at radius 3 is 2.14 bits per heavy atom. The first-order valence-corrected chi connectivity index (χ1v) is 7.58. The predicted octanol–water partition coefficient (Wildman–Crippen LogP) is 4.59. The number of ether oxygens (including phenoxy) is 1. The standard InChI is InChI=1S/C12H9Cl5N2O2/c13-7-8(14)10(16)12(11(17)9(7)15)21-4-6(20)3-19-2-1-18-5-19/h1-2,5-6,20H,3-4H2. The molecule has 1 unspecified atom stereocenters. The topological polar surface area (TPSA) is 47.3 Å². The molecule has 114 valence electrons. The monoisotopic (exact) mass is 388 g/mol. The zero-order chi connectivity index (χ0) is 15.6. The molecule has 1 atom stereocenters. The van der Waals surface area contributed by atoms with Crippen molar-refractivity contribution in [1.82, 2.24) is 9.55 Å². The fourth-order valence-electron chi connectivity index (χ4n) is 1.58. The lowest BCUT2D eigenvalue weighted by molar-refractivity contribution is 0.0926. The number of rotatable bonds is 5. The summed E-state index contributed by atoms with van der Waals surface area (Å²) >= 11 is 29.8. The summed E-state index contributed by atoms with van der Waals surface area (Å²) in [4.78, 5) is 3.87. The van der Waals surface area contributed by atoms with E-state index in [1.807, 2.05) is 0 Å². The average molecular weight is 390 g/mol. The Bertz CT molecular complexity index is 604. The van der Waals surface area contributed by atoms with Crippen molar-refractivity contribution in [2.24, 2.45) is 0 Å². The molecule has 4 nitrogen and oxygen atoms in total. The molecule has 9 heteroatoms. The molecular formula is C12H9Cl5N2O2. The van der Waals surface area contributed by atoms with Gasteiger partial charge in [-0.2, -0.15) is 0 Å². The smallest absolute Gasteiger partial charge is 0.159 e. The van der Waals surface area contributed by atoms with Gasteiger partial charge < -0.3 is 14.4 Å². The highest BCUT2D eigenvalue weighted by atomic mass is 35.5. The van der Waals surface area contributed by atoms with Crippen LogP contribution in [0.25, 0.3) is 0 Å². The number of aliphatic hydroxyl groups is 1. The number of hydrogen-bond donors (Lipinski definition) is 1. The molecule has 1 aromatic heterocycles. The van der Waals surface area contributed by atoms with Gasteiger partial charge in [-0.15, -0.1) is 0 Å². The van der Waals surface area contributed by atoms with Crippen molar-refractivity contribution in [1.29, 1.82) is 0 Å². The maximum Gasteiger partial charge on any atom is 0.159 e. The van der Waals surface area contributed by atoms with Crippen LogP contribution in [-0.4, -0.2) is 27.4 Å². The summed E-state index contributed by atoms with van der Waals surface area (Å²) in [6, 6.07) is 0. The van der Waals surface area contributed by atoms with E-state index in [2.05, 4.69) is 4.98 Å². The van der Waals surface area contributed by atoms with E-state index in [9.17, 15) is 5.11 Å². The van der Waals surface area contributed by atoms with Gasteiger partial charge in [-0.05, 0) is 0 Å². The van der Waals surface area contributed by atoms with E-state index in [0.717, 1.165) is 0 Å². The van der Waals surface area contributed by atoms with Crippen LogP contribution in [0, 0.1) is 0 Å². The van der Waals surface area contributed by atoms with Crippen LogP contribution in [0.4, 0.5) is 0 Å². The fourth-order valence-corrected chi connectivity index (χ4v) is 2.81. The van der Waals surface area contributed by atoms with Gasteiger partial charge in [-0.3, -0.25) is 0 Å². The zero-order valence-electron chi connectivity index (χ0n) is 10.4. The lowest BCUT2D eigenvalue weighted by Gasteiger charge is -2.16. The number of aliphatic hydroxyl groups excluding tert-OH is 1. The van der Waals surface area contributed by atoms with Crippen molar-refractivity contribution >= 4 is 58.0 Å². The zero-order valence-corrected chi connectivity index (χ0v) is 14.1. The van der Waals surface area contributed by atoms with Gasteiger partial charge in [0, 0.05) is 12.4 Å². The Balaban J connectivity index is 2.10. The van der Waals surface area contributed by atoms with Crippen molar-refractivity contribution in [2.45, 2.75) is 12.6 Å². The van der Waals surface area contributed by atoms with Crippen LogP contribution < -0.4 is 4.74 Å². The van der Waals surface area contributed by atoms with Gasteiger partial charge in [0.2, 0.25) is 0 Å². The van der Waals surface area contributed by atoms with Crippen molar-refractivity contribution < 1.29 is 9.84 Å². The highest BCUT2D eigenvalue weighted by Gasteiger charge is 2.21. The first-order valence-electron chi connectivity index (χ1n) is 5.69. The predicted molar refractivity (Wildman–Crippen MR) is 85.2 cm³/mol. The molecule has 1 heterocycles. The first-order chi connectivity index (χ1) is 9.91. The van der Waals surface area contributed by atoms with E-state index in [1.54, 1.807) is 23.3 Å². The minimum Gasteiger partial charge on any atom is -0.488 e. The van der Waals surface area contributed by atoms with Crippen LogP contribution in [0.1, 0.15) is 0 Å². The quantitative estimate of drug-likeness (QED) is 0.600. The lowest BCUT2D eigenvalue weighted by Crippen LogP contribution is -2.23. The Hall–Kier alpha value is -0.360. The van der Waals surface area contributed by atoms with Crippen LogP contribution in [0.2, 0.25) is 25.1 Å². The van der Waals surface area contributed by atoms with Crippen LogP contribution in [0.5, 0.6) is 5.75 Å². The molecule has 2 aromatic rings. The van der Waals surface area contributed by atoms with Gasteiger partial charge in [0.05, 0.1) is 27.9 Å². The van der Waals surface area contributed by atoms with E-state index in [-0.39, 0.29) is 37.5 Å². The molecule has 0 amide bonds. The van der Waals surface area contributed by atoms with Crippen LogP contribution in [-0.2, 0) is 6.54 Å². The summed E-state index contributed by atoms with van der Waals surface area (Å²) in [6.45, 7) is 0.260. The maximum atomic E-state index is 9.91. The summed E-state index contributed by atoms with van der Waals surface area (Å²) in [5, 5.41) is 10.2. The second kappa shape index (κ2) is 7.27. The van der Waals surface area contributed by atoms with Gasteiger partial charge in [0.1, 0.15) is 22.8 Å². The molecule has 0 bridgehead atoms. The molecule has 2 rings (SSSR count). The number of imidazole rings is 1. The van der Waals surface area contributed by atoms with Gasteiger partial charge >= 0.3 is 0 Å². The summed E-state index contributed by atoms with van der Waals surface area (Å²) in [6.07, 6.45) is 4.12. The third-order valence-electron chi connectivity index (χ3n) is 2.57. The molecule has 0 aliphatic heterocycles. The Kier molecular flexibility index (Phi) is 5.88. The lowest BCUT2D eigenvalue weighted by atomic mass is 10.3. The van der Waals surface area contributed by atoms with Crippen LogP contribution >= 0.6 is 58.0 Å². The van der Waals surface area contributed by atoms with Gasteiger partial charge in [0.15, 0.2) is 5.75 Å². The van der Waals surface area contributed by atoms with E-state index >= 15 is 0 Å². The van der Waals surface area contributed by atoms with Gasteiger partial charge in [0.25, 0.3) is 0 Å². The molecule has 1 N–H and O–H groups in total. The average Bonchev–Trinajstić information content (AvgIpc) is 2.96. The van der Waals surface area contributed by atoms with Crippen molar-refractivity contribution in [3.63, 3.8) is 0 Å². The van der Waals surface area contributed by atoms with Gasteiger partial charge in [-0.1, -0.05) is 58.0 Å². The van der Waals surface area contributed by atoms with E-state index in [0.29, 0.717) is 6.54 Å². The molecule has 0 radical (unpaired) electrons. The van der Waals surface area contributed by atoms with Crippen molar-refractivity contribution in [3.8, 4) is 5.75 Å². The summed E-state index contributed by atoms with van der Waals surface area (Å²) in [5.74, 6) is 0.0856. The Labute approximate surface area is 146 Å². The molecule has 0 spiro atoms. The number of halogens is 5. The van der Waals surface area contributed by atoms with E-state index < -0.39 is 6.10 Å². The first kappa shape index (κ1) is 17.0. The number of benzene rings is 1. The molecule has 0 aliphatic carbocycles. The fraction of sp³-hybridized carbons (Fsp3) is 0.250. The molecule has 0 saturated carbocycles. The highest BCUT2D eigenvalue weighted by Crippen LogP contribution is 2.48. The summed E-state index contributed by atoms with van der Waals surface area (Å²) in [7, 11) is 0. The summed E-state index contributed by atoms with van der Waals surface area (Å²) in [5.41, 5.74) is 0. The molecular weight excluding hydrogens is 381 g/mol. The second-order valence-electron chi connectivity index (χ2n) is 4.12. The summed E-state index contributed by atoms with van der Waals surface area (Å²) < 4.78 is 7.13. The van der Waals surface area contributed by atoms with E-state index in [1.165, 1.54) is 0 Å². The van der Waals surface area contributed by atoms with Crippen molar-refractivity contribution in [2.75, 3.05) is 6.61 Å². The second-order valence-corrected chi connectivity index (χ2v) is 6.01. The minimum absolute atomic E-state index is 0.0471. The third kappa shape index (κ3) is 3.89. The third-order valence-corrected chi connectivity index (χ3v) is 4.81. The Morgan fingerprint density at radius 2 is 1.62 bits per heavy atom. The molecule has 0 aliphatic rings. The maximum absolute atomic E-state index is 9.91. The SMILES string of the molecule is OC(COc1c(Cl)c(Cl)c(Cl)c(Cl)c1Cl)Cn1ccnc1. The molecule has 1 aromatic carbocycles. The van der Waals surface area contributed by atoms with Crippen LogP contribution in [0.3, 0.4) is 0 Å². The van der Waals surface area contributed by atoms with Gasteiger partial charge in [-0.25, -0.2) is 4.98 Å². The van der Waals surface area contributed by atoms with Crippen LogP contribution in [0.15, 0.2) is 18.7 Å². The minimum atomic E-state index is -0.792. The normalized spacial score (nSPS) is 12.5. The number of hydrogen-bond acceptors (Lipinski definition) is 3. The van der Waals surface area contributed by atoms with Crippen molar-refractivity contribution in [3.05, 3.63) is 43.8 Å². The highest BCUT2D eigenvalue weighted by molar-refractivity contribution is 6.55. The molecule has 0 fully saturated rings. The largest absolute Gasteiger partial charge is 0.488 e. The van der Waals surface area contributed by atoms with E-state index in [4.69, 9.17) is 62.7 Å².